The highest BCUT2D eigenvalue weighted by molar-refractivity contribution is 5.35. The Labute approximate surface area is 101 Å². The third kappa shape index (κ3) is 2.16. The van der Waals surface area contributed by atoms with Gasteiger partial charge in [-0.15, -0.1) is 0 Å². The molecule has 1 aliphatic carbocycles. The van der Waals surface area contributed by atoms with E-state index in [4.69, 9.17) is 0 Å². The molecule has 0 saturated heterocycles. The van der Waals surface area contributed by atoms with Crippen molar-refractivity contribution < 1.29 is 0 Å². The first kappa shape index (κ1) is 10.3. The van der Waals surface area contributed by atoms with Crippen LogP contribution in [0.1, 0.15) is 23.1 Å². The van der Waals surface area contributed by atoms with Crippen LogP contribution in [0.4, 0.5) is 0 Å². The summed E-state index contributed by atoms with van der Waals surface area (Å²) < 4.78 is 2.04. The predicted molar refractivity (Wildman–Crippen MR) is 68.3 cm³/mol. The molecule has 0 radical (unpaired) electrons. The van der Waals surface area contributed by atoms with Gasteiger partial charge in [0.1, 0.15) is 0 Å². The fourth-order valence-corrected chi connectivity index (χ4v) is 2.48. The van der Waals surface area contributed by atoms with Crippen LogP contribution in [0.25, 0.3) is 0 Å². The van der Waals surface area contributed by atoms with Crippen LogP contribution in [0, 0.1) is 0 Å². The molecule has 0 atom stereocenters. The summed E-state index contributed by atoms with van der Waals surface area (Å²) in [6, 6.07) is 9.96. The van der Waals surface area contributed by atoms with E-state index in [1.165, 1.54) is 36.0 Å². The van der Waals surface area contributed by atoms with Crippen LogP contribution in [-0.4, -0.2) is 4.57 Å². The zero-order valence-electron chi connectivity index (χ0n) is 9.73. The van der Waals surface area contributed by atoms with E-state index in [9.17, 15) is 4.79 Å². The highest BCUT2D eigenvalue weighted by Gasteiger charge is 2.10. The van der Waals surface area contributed by atoms with Gasteiger partial charge in [0.2, 0.25) is 0 Å². The van der Waals surface area contributed by atoms with Crippen LogP contribution in [0.2, 0.25) is 0 Å². The van der Waals surface area contributed by atoms with Crippen LogP contribution >= 0.6 is 0 Å². The largest absolute Gasteiger partial charge is 0.350 e. The summed E-state index contributed by atoms with van der Waals surface area (Å²) in [6.07, 6.45) is 7.42. The first-order chi connectivity index (χ1) is 8.31. The van der Waals surface area contributed by atoms with E-state index in [1.807, 2.05) is 17.0 Å². The van der Waals surface area contributed by atoms with Crippen molar-refractivity contribution in [2.45, 2.75) is 25.8 Å². The Morgan fingerprint density at radius 3 is 2.59 bits per heavy atom. The van der Waals surface area contributed by atoms with Crippen LogP contribution in [-0.2, 0) is 19.4 Å². The number of benzene rings is 1. The third-order valence-electron chi connectivity index (χ3n) is 3.39. The van der Waals surface area contributed by atoms with Crippen molar-refractivity contribution in [2.75, 3.05) is 0 Å². The number of nitrogens with zero attached hydrogens (tertiary/aromatic N) is 1. The van der Waals surface area contributed by atoms with Gasteiger partial charge < -0.3 is 4.57 Å². The van der Waals surface area contributed by atoms with Crippen molar-refractivity contribution in [1.82, 2.24) is 4.57 Å². The molecule has 1 heterocycles. The summed E-state index contributed by atoms with van der Waals surface area (Å²) in [7, 11) is 0. The fourth-order valence-electron chi connectivity index (χ4n) is 2.48. The molecular formula is C15H15NO. The molecule has 0 saturated carbocycles. The molecule has 0 N–H and O–H groups in total. The van der Waals surface area contributed by atoms with Crippen molar-refractivity contribution in [3.63, 3.8) is 0 Å². The molecule has 0 fully saturated rings. The van der Waals surface area contributed by atoms with Gasteiger partial charge in [-0.05, 0) is 36.0 Å². The first-order valence-corrected chi connectivity index (χ1v) is 6.08. The van der Waals surface area contributed by atoms with Crippen molar-refractivity contribution >= 4 is 0 Å². The lowest BCUT2D eigenvalue weighted by Gasteiger charge is -2.07. The molecule has 2 nitrogen and oxygen atoms in total. The van der Waals surface area contributed by atoms with E-state index < -0.39 is 0 Å². The third-order valence-corrected chi connectivity index (χ3v) is 3.39. The smallest absolute Gasteiger partial charge is 0.181 e. The fraction of sp³-hybridized carbons (Fsp3) is 0.267. The lowest BCUT2D eigenvalue weighted by molar-refractivity contribution is 0.787. The number of rotatable bonds is 2. The van der Waals surface area contributed by atoms with Crippen LogP contribution in [0.15, 0.2) is 47.5 Å². The van der Waals surface area contributed by atoms with Gasteiger partial charge in [-0.3, -0.25) is 4.79 Å². The zero-order valence-corrected chi connectivity index (χ0v) is 9.73. The quantitative estimate of drug-likeness (QED) is 0.769. The molecule has 0 bridgehead atoms. The van der Waals surface area contributed by atoms with Gasteiger partial charge in [-0.1, -0.05) is 18.2 Å². The maximum atomic E-state index is 11.0. The normalized spacial score (nSPS) is 13.6. The second-order valence-corrected chi connectivity index (χ2v) is 4.66. The van der Waals surface area contributed by atoms with E-state index in [0.717, 1.165) is 6.54 Å². The number of hydrogen-bond donors (Lipinski definition) is 0. The Morgan fingerprint density at radius 2 is 1.76 bits per heavy atom. The summed E-state index contributed by atoms with van der Waals surface area (Å²) in [6.45, 7) is 0.841. The van der Waals surface area contributed by atoms with Gasteiger partial charge in [0.05, 0.1) is 0 Å². The molecule has 1 aromatic carbocycles. The molecule has 2 heteroatoms. The molecule has 86 valence electrons. The minimum absolute atomic E-state index is 0.0650. The lowest BCUT2D eigenvalue weighted by Crippen LogP contribution is -2.05. The van der Waals surface area contributed by atoms with E-state index in [1.54, 1.807) is 12.1 Å². The van der Waals surface area contributed by atoms with Gasteiger partial charge in [-0.25, -0.2) is 0 Å². The second-order valence-electron chi connectivity index (χ2n) is 4.66. The van der Waals surface area contributed by atoms with E-state index in [-0.39, 0.29) is 5.43 Å². The minimum atomic E-state index is 0.0650. The number of aromatic nitrogens is 1. The Hall–Kier alpha value is -1.83. The maximum Gasteiger partial charge on any atom is 0.181 e. The summed E-state index contributed by atoms with van der Waals surface area (Å²) in [5.74, 6) is 0. The molecule has 0 amide bonds. The van der Waals surface area contributed by atoms with Gasteiger partial charge in [0.15, 0.2) is 5.43 Å². The Morgan fingerprint density at radius 1 is 1.00 bits per heavy atom. The van der Waals surface area contributed by atoms with Crippen molar-refractivity contribution in [1.29, 1.82) is 0 Å². The Kier molecular flexibility index (Phi) is 2.56. The summed E-state index contributed by atoms with van der Waals surface area (Å²) in [5, 5.41) is 0. The van der Waals surface area contributed by atoms with Gasteiger partial charge in [0, 0.05) is 31.1 Å². The molecule has 3 rings (SSSR count). The van der Waals surface area contributed by atoms with E-state index >= 15 is 0 Å². The minimum Gasteiger partial charge on any atom is -0.350 e. The molecular weight excluding hydrogens is 210 g/mol. The predicted octanol–water partition coefficient (Wildman–Crippen LogP) is 2.39. The van der Waals surface area contributed by atoms with Gasteiger partial charge in [-0.2, -0.15) is 0 Å². The highest BCUT2D eigenvalue weighted by Crippen LogP contribution is 2.23. The monoisotopic (exact) mass is 225 g/mol. The standard InChI is InChI=1S/C15H15NO/c17-15-6-8-16(9-7-15)11-12-4-5-13-2-1-3-14(13)10-12/h4-10H,1-3,11H2. The number of pyridine rings is 1. The Balaban J connectivity index is 1.85. The molecule has 0 spiro atoms. The Bertz CT molecular complexity index is 578. The van der Waals surface area contributed by atoms with Gasteiger partial charge >= 0.3 is 0 Å². The highest BCUT2D eigenvalue weighted by atomic mass is 16.1. The lowest BCUT2D eigenvalue weighted by atomic mass is 10.1. The SMILES string of the molecule is O=c1ccn(Cc2ccc3c(c2)CCC3)cc1. The topological polar surface area (TPSA) is 22.0 Å². The summed E-state index contributed by atoms with van der Waals surface area (Å²) in [5.41, 5.74) is 4.39. The first-order valence-electron chi connectivity index (χ1n) is 6.08. The summed E-state index contributed by atoms with van der Waals surface area (Å²) >= 11 is 0. The number of aryl methyl sites for hydroxylation is 2. The van der Waals surface area contributed by atoms with E-state index in [0.29, 0.717) is 0 Å². The van der Waals surface area contributed by atoms with Crippen molar-refractivity contribution in [2.24, 2.45) is 0 Å². The average Bonchev–Trinajstić information content (AvgIpc) is 2.79. The number of fused-ring (bicyclic) bond motifs is 1. The molecule has 0 aliphatic heterocycles. The van der Waals surface area contributed by atoms with E-state index in [2.05, 4.69) is 18.2 Å². The molecule has 1 aliphatic rings. The van der Waals surface area contributed by atoms with Gasteiger partial charge in [0.25, 0.3) is 0 Å². The maximum absolute atomic E-state index is 11.0. The van der Waals surface area contributed by atoms with Crippen LogP contribution in [0.5, 0.6) is 0 Å². The summed E-state index contributed by atoms with van der Waals surface area (Å²) in [4.78, 5) is 11.0. The molecule has 1 aromatic heterocycles. The molecule has 2 aromatic rings. The van der Waals surface area contributed by atoms with Crippen LogP contribution < -0.4 is 5.43 Å². The number of hydrogen-bond acceptors (Lipinski definition) is 1. The zero-order chi connectivity index (χ0) is 11.7. The van der Waals surface area contributed by atoms with Crippen molar-refractivity contribution in [3.05, 3.63) is 69.6 Å². The van der Waals surface area contributed by atoms with Crippen LogP contribution in [0.3, 0.4) is 0 Å². The average molecular weight is 225 g/mol. The van der Waals surface area contributed by atoms with Crippen molar-refractivity contribution in [3.8, 4) is 0 Å². The second kappa shape index (κ2) is 4.21. The molecule has 0 unspecified atom stereocenters. The molecule has 17 heavy (non-hydrogen) atoms.